The monoisotopic (exact) mass is 233 g/mol. The summed E-state index contributed by atoms with van der Waals surface area (Å²) in [5.74, 6) is 0.148. The van der Waals surface area contributed by atoms with Crippen molar-refractivity contribution in [3.63, 3.8) is 0 Å². The first-order chi connectivity index (χ1) is 8.25. The van der Waals surface area contributed by atoms with Gasteiger partial charge in [-0.25, -0.2) is 4.98 Å². The molecule has 1 aromatic carbocycles. The SMILES string of the molecule is O=C(O)CCNCCc1nc2ccccc2[nH]1. The summed E-state index contributed by atoms with van der Waals surface area (Å²) in [5.41, 5.74) is 2.00. The fourth-order valence-corrected chi connectivity index (χ4v) is 1.65. The van der Waals surface area contributed by atoms with Crippen molar-refractivity contribution < 1.29 is 9.90 Å². The van der Waals surface area contributed by atoms with Crippen molar-refractivity contribution in [1.29, 1.82) is 0 Å². The molecule has 17 heavy (non-hydrogen) atoms. The fraction of sp³-hybridized carbons (Fsp3) is 0.333. The minimum Gasteiger partial charge on any atom is -0.481 e. The van der Waals surface area contributed by atoms with Crippen molar-refractivity contribution in [1.82, 2.24) is 15.3 Å². The molecule has 0 saturated carbocycles. The van der Waals surface area contributed by atoms with Crippen LogP contribution in [0.3, 0.4) is 0 Å². The van der Waals surface area contributed by atoms with Crippen LogP contribution in [0.5, 0.6) is 0 Å². The minimum absolute atomic E-state index is 0.153. The maximum atomic E-state index is 10.3. The molecule has 0 unspecified atom stereocenters. The van der Waals surface area contributed by atoms with Crippen LogP contribution in [0.2, 0.25) is 0 Å². The van der Waals surface area contributed by atoms with Crippen molar-refractivity contribution in [2.24, 2.45) is 0 Å². The number of aromatic amines is 1. The molecule has 0 aliphatic carbocycles. The molecule has 0 saturated heterocycles. The first-order valence-corrected chi connectivity index (χ1v) is 5.62. The van der Waals surface area contributed by atoms with E-state index in [9.17, 15) is 4.79 Å². The smallest absolute Gasteiger partial charge is 0.304 e. The Hall–Kier alpha value is -1.88. The second-order valence-corrected chi connectivity index (χ2v) is 3.84. The molecule has 5 nitrogen and oxygen atoms in total. The van der Waals surface area contributed by atoms with Crippen LogP contribution in [0, 0.1) is 0 Å². The summed E-state index contributed by atoms with van der Waals surface area (Å²) in [4.78, 5) is 18.0. The molecular formula is C12H15N3O2. The van der Waals surface area contributed by atoms with Gasteiger partial charge in [0.25, 0.3) is 0 Å². The molecule has 3 N–H and O–H groups in total. The lowest BCUT2D eigenvalue weighted by Gasteiger charge is -2.00. The lowest BCUT2D eigenvalue weighted by Crippen LogP contribution is -2.21. The van der Waals surface area contributed by atoms with Gasteiger partial charge in [0.15, 0.2) is 0 Å². The number of aromatic nitrogens is 2. The quantitative estimate of drug-likeness (QED) is 0.654. The molecule has 0 aliphatic heterocycles. The third-order valence-electron chi connectivity index (χ3n) is 2.49. The van der Waals surface area contributed by atoms with Crippen molar-refractivity contribution in [3.8, 4) is 0 Å². The number of nitrogens with zero attached hydrogens (tertiary/aromatic N) is 1. The van der Waals surface area contributed by atoms with Gasteiger partial charge in [0.2, 0.25) is 0 Å². The van der Waals surface area contributed by atoms with E-state index < -0.39 is 5.97 Å². The molecule has 1 heterocycles. The summed E-state index contributed by atoms with van der Waals surface area (Å²) in [7, 11) is 0. The van der Waals surface area contributed by atoms with Gasteiger partial charge >= 0.3 is 5.97 Å². The topological polar surface area (TPSA) is 78.0 Å². The van der Waals surface area contributed by atoms with Gasteiger partial charge in [-0.15, -0.1) is 0 Å². The van der Waals surface area contributed by atoms with E-state index in [1.165, 1.54) is 0 Å². The number of benzene rings is 1. The lowest BCUT2D eigenvalue weighted by molar-refractivity contribution is -0.136. The summed E-state index contributed by atoms with van der Waals surface area (Å²) >= 11 is 0. The number of para-hydroxylation sites is 2. The Morgan fingerprint density at radius 3 is 2.94 bits per heavy atom. The van der Waals surface area contributed by atoms with Gasteiger partial charge in [-0.1, -0.05) is 12.1 Å². The molecule has 0 spiro atoms. The predicted octanol–water partition coefficient (Wildman–Crippen LogP) is 1.17. The highest BCUT2D eigenvalue weighted by molar-refractivity contribution is 5.74. The molecule has 2 rings (SSSR count). The zero-order valence-electron chi connectivity index (χ0n) is 9.44. The second-order valence-electron chi connectivity index (χ2n) is 3.84. The molecule has 0 atom stereocenters. The number of carboxylic acids is 1. The van der Waals surface area contributed by atoms with E-state index in [2.05, 4.69) is 15.3 Å². The summed E-state index contributed by atoms with van der Waals surface area (Å²) in [6.07, 6.45) is 0.925. The molecule has 0 aliphatic rings. The van der Waals surface area contributed by atoms with E-state index in [1.807, 2.05) is 24.3 Å². The number of H-pyrrole nitrogens is 1. The second kappa shape index (κ2) is 5.45. The van der Waals surface area contributed by atoms with E-state index >= 15 is 0 Å². The average molecular weight is 233 g/mol. The Kier molecular flexibility index (Phi) is 3.72. The average Bonchev–Trinajstić information content (AvgIpc) is 2.70. The third-order valence-corrected chi connectivity index (χ3v) is 2.49. The van der Waals surface area contributed by atoms with E-state index in [0.29, 0.717) is 6.54 Å². The molecular weight excluding hydrogens is 218 g/mol. The zero-order chi connectivity index (χ0) is 12.1. The van der Waals surface area contributed by atoms with Crippen LogP contribution in [0.4, 0.5) is 0 Å². The Morgan fingerprint density at radius 2 is 2.18 bits per heavy atom. The number of imidazole rings is 1. The number of fused-ring (bicyclic) bond motifs is 1. The number of carboxylic acid groups (broad SMARTS) is 1. The van der Waals surface area contributed by atoms with Crippen LogP contribution in [0.15, 0.2) is 24.3 Å². The summed E-state index contributed by atoms with van der Waals surface area (Å²) < 4.78 is 0. The Labute approximate surface area is 98.9 Å². The number of carbonyl (C=O) groups is 1. The highest BCUT2D eigenvalue weighted by Gasteiger charge is 2.01. The molecule has 2 aromatic rings. The van der Waals surface area contributed by atoms with Crippen LogP contribution in [-0.4, -0.2) is 34.1 Å². The summed E-state index contributed by atoms with van der Waals surface area (Å²) in [5, 5.41) is 11.5. The maximum Gasteiger partial charge on any atom is 0.304 e. The normalized spacial score (nSPS) is 10.8. The van der Waals surface area contributed by atoms with E-state index in [0.717, 1.165) is 29.8 Å². The summed E-state index contributed by atoms with van der Waals surface area (Å²) in [6, 6.07) is 7.88. The summed E-state index contributed by atoms with van der Waals surface area (Å²) in [6.45, 7) is 1.22. The van der Waals surface area contributed by atoms with Gasteiger partial charge in [-0.2, -0.15) is 0 Å². The molecule has 0 radical (unpaired) electrons. The van der Waals surface area contributed by atoms with Crippen LogP contribution in [0.1, 0.15) is 12.2 Å². The molecule has 0 amide bonds. The maximum absolute atomic E-state index is 10.3. The highest BCUT2D eigenvalue weighted by Crippen LogP contribution is 2.10. The Bertz CT molecular complexity index is 474. The number of rotatable bonds is 6. The molecule has 1 aromatic heterocycles. The van der Waals surface area contributed by atoms with Crippen LogP contribution < -0.4 is 5.32 Å². The molecule has 90 valence electrons. The van der Waals surface area contributed by atoms with Gasteiger partial charge in [-0.05, 0) is 12.1 Å². The van der Waals surface area contributed by atoms with E-state index in [4.69, 9.17) is 5.11 Å². The van der Waals surface area contributed by atoms with Gasteiger partial charge in [0.1, 0.15) is 5.82 Å². The van der Waals surface area contributed by atoms with Gasteiger partial charge in [0.05, 0.1) is 17.5 Å². The van der Waals surface area contributed by atoms with Gasteiger partial charge < -0.3 is 15.4 Å². The molecule has 5 heteroatoms. The van der Waals surface area contributed by atoms with Gasteiger partial charge in [-0.3, -0.25) is 4.79 Å². The number of hydrogen-bond acceptors (Lipinski definition) is 3. The Balaban J connectivity index is 1.81. The van der Waals surface area contributed by atoms with Crippen LogP contribution in [0.25, 0.3) is 11.0 Å². The predicted molar refractivity (Wildman–Crippen MR) is 64.9 cm³/mol. The zero-order valence-corrected chi connectivity index (χ0v) is 9.44. The Morgan fingerprint density at radius 1 is 1.35 bits per heavy atom. The van der Waals surface area contributed by atoms with E-state index in [1.54, 1.807) is 0 Å². The standard InChI is InChI=1S/C12H15N3O2/c16-12(17)6-8-13-7-5-11-14-9-3-1-2-4-10(9)15-11/h1-4,13H,5-8H2,(H,14,15)(H,16,17). The highest BCUT2D eigenvalue weighted by atomic mass is 16.4. The first-order valence-electron chi connectivity index (χ1n) is 5.62. The fourth-order valence-electron chi connectivity index (χ4n) is 1.65. The molecule has 0 fully saturated rings. The van der Waals surface area contributed by atoms with Crippen molar-refractivity contribution in [2.75, 3.05) is 13.1 Å². The number of aliphatic carboxylic acids is 1. The molecule has 0 bridgehead atoms. The first kappa shape index (κ1) is 11.6. The number of hydrogen-bond donors (Lipinski definition) is 3. The van der Waals surface area contributed by atoms with E-state index in [-0.39, 0.29) is 6.42 Å². The number of nitrogens with one attached hydrogen (secondary N) is 2. The van der Waals surface area contributed by atoms with Crippen molar-refractivity contribution in [3.05, 3.63) is 30.1 Å². The lowest BCUT2D eigenvalue weighted by atomic mass is 10.3. The third kappa shape index (κ3) is 3.29. The van der Waals surface area contributed by atoms with Crippen molar-refractivity contribution >= 4 is 17.0 Å². The van der Waals surface area contributed by atoms with Crippen molar-refractivity contribution in [2.45, 2.75) is 12.8 Å². The van der Waals surface area contributed by atoms with Gasteiger partial charge in [0, 0.05) is 19.5 Å². The van der Waals surface area contributed by atoms with Crippen LogP contribution in [-0.2, 0) is 11.2 Å². The van der Waals surface area contributed by atoms with Crippen LogP contribution >= 0.6 is 0 Å². The minimum atomic E-state index is -0.777. The largest absolute Gasteiger partial charge is 0.481 e.